The SMILES string of the molecule is Nc1ccccc1CS(=O)(=O)NCCOCCO. The number of benzene rings is 1. The van der Waals surface area contributed by atoms with Crippen molar-refractivity contribution in [3.8, 4) is 0 Å². The average Bonchev–Trinajstić information content (AvgIpc) is 2.31. The minimum atomic E-state index is -3.42. The number of aliphatic hydroxyl groups excluding tert-OH is 1. The Morgan fingerprint density at radius 3 is 2.67 bits per heavy atom. The molecule has 0 saturated heterocycles. The van der Waals surface area contributed by atoms with Gasteiger partial charge in [0.1, 0.15) is 0 Å². The van der Waals surface area contributed by atoms with Crippen molar-refractivity contribution in [3.63, 3.8) is 0 Å². The first-order valence-electron chi connectivity index (χ1n) is 5.54. The summed E-state index contributed by atoms with van der Waals surface area (Å²) < 4.78 is 30.8. The number of para-hydroxylation sites is 1. The Bertz CT molecular complexity index is 462. The van der Waals surface area contributed by atoms with Crippen molar-refractivity contribution in [2.75, 3.05) is 32.1 Å². The minimum absolute atomic E-state index is 0.0761. The van der Waals surface area contributed by atoms with Gasteiger partial charge < -0.3 is 15.6 Å². The van der Waals surface area contributed by atoms with Crippen LogP contribution >= 0.6 is 0 Å². The molecule has 1 aromatic carbocycles. The van der Waals surface area contributed by atoms with Gasteiger partial charge in [-0.25, -0.2) is 13.1 Å². The summed E-state index contributed by atoms with van der Waals surface area (Å²) in [7, 11) is -3.42. The molecule has 18 heavy (non-hydrogen) atoms. The summed E-state index contributed by atoms with van der Waals surface area (Å²) in [6.07, 6.45) is 0. The molecular formula is C11H18N2O4S. The van der Waals surface area contributed by atoms with E-state index < -0.39 is 10.0 Å². The van der Waals surface area contributed by atoms with E-state index >= 15 is 0 Å². The highest BCUT2D eigenvalue weighted by Gasteiger charge is 2.12. The predicted molar refractivity (Wildman–Crippen MR) is 69.4 cm³/mol. The van der Waals surface area contributed by atoms with Crippen molar-refractivity contribution in [3.05, 3.63) is 29.8 Å². The van der Waals surface area contributed by atoms with Crippen LogP contribution in [0.5, 0.6) is 0 Å². The van der Waals surface area contributed by atoms with Gasteiger partial charge in [-0.1, -0.05) is 18.2 Å². The molecule has 0 bridgehead atoms. The number of ether oxygens (including phenoxy) is 1. The van der Waals surface area contributed by atoms with E-state index in [1.807, 2.05) is 0 Å². The number of nitrogens with one attached hydrogen (secondary N) is 1. The summed E-state index contributed by atoms with van der Waals surface area (Å²) in [6, 6.07) is 6.83. The van der Waals surface area contributed by atoms with Crippen LogP contribution in [0.3, 0.4) is 0 Å². The molecule has 102 valence electrons. The van der Waals surface area contributed by atoms with Crippen molar-refractivity contribution in [2.24, 2.45) is 0 Å². The molecule has 0 fully saturated rings. The fraction of sp³-hybridized carbons (Fsp3) is 0.455. The van der Waals surface area contributed by atoms with Gasteiger partial charge >= 0.3 is 0 Å². The van der Waals surface area contributed by atoms with E-state index in [4.69, 9.17) is 15.6 Å². The molecular weight excluding hydrogens is 256 g/mol. The molecule has 0 atom stereocenters. The van der Waals surface area contributed by atoms with Crippen LogP contribution in [-0.4, -0.2) is 39.9 Å². The van der Waals surface area contributed by atoms with Crippen molar-refractivity contribution >= 4 is 15.7 Å². The number of nitrogen functional groups attached to an aromatic ring is 1. The summed E-state index contributed by atoms with van der Waals surface area (Å²) in [5.74, 6) is -0.153. The van der Waals surface area contributed by atoms with Crippen LogP contribution in [0.2, 0.25) is 0 Å². The van der Waals surface area contributed by atoms with Crippen LogP contribution in [0, 0.1) is 0 Å². The molecule has 1 rings (SSSR count). The zero-order chi connectivity index (χ0) is 13.4. The van der Waals surface area contributed by atoms with Crippen molar-refractivity contribution in [2.45, 2.75) is 5.75 Å². The third-order valence-electron chi connectivity index (χ3n) is 2.20. The standard InChI is InChI=1S/C11H18N2O4S/c12-11-4-2-1-3-10(11)9-18(15,16)13-5-7-17-8-6-14/h1-4,13-14H,5-9,12H2. The number of aliphatic hydroxyl groups is 1. The van der Waals surface area contributed by atoms with Gasteiger partial charge in [0.15, 0.2) is 0 Å². The second kappa shape index (κ2) is 7.32. The van der Waals surface area contributed by atoms with E-state index in [1.165, 1.54) is 0 Å². The Hall–Kier alpha value is -1.15. The molecule has 7 heteroatoms. The van der Waals surface area contributed by atoms with Gasteiger partial charge in [-0.05, 0) is 11.6 Å². The maximum atomic E-state index is 11.7. The van der Waals surface area contributed by atoms with E-state index in [9.17, 15) is 8.42 Å². The number of hydrogen-bond donors (Lipinski definition) is 3. The highest BCUT2D eigenvalue weighted by molar-refractivity contribution is 7.88. The summed E-state index contributed by atoms with van der Waals surface area (Å²) >= 11 is 0. The van der Waals surface area contributed by atoms with Crippen LogP contribution in [-0.2, 0) is 20.5 Å². The summed E-state index contributed by atoms with van der Waals surface area (Å²) in [6.45, 7) is 0.528. The summed E-state index contributed by atoms with van der Waals surface area (Å²) in [5.41, 5.74) is 6.71. The van der Waals surface area contributed by atoms with Gasteiger partial charge in [0, 0.05) is 12.2 Å². The Morgan fingerprint density at radius 1 is 1.28 bits per heavy atom. The van der Waals surface area contributed by atoms with Crippen LogP contribution in [0.25, 0.3) is 0 Å². The van der Waals surface area contributed by atoms with Crippen molar-refractivity contribution < 1.29 is 18.3 Å². The molecule has 0 heterocycles. The Kier molecular flexibility index (Phi) is 6.06. The first-order chi connectivity index (χ1) is 8.55. The zero-order valence-electron chi connectivity index (χ0n) is 10.0. The van der Waals surface area contributed by atoms with Gasteiger partial charge in [0.05, 0.1) is 25.6 Å². The average molecular weight is 274 g/mol. The maximum absolute atomic E-state index is 11.7. The number of rotatable bonds is 8. The summed E-state index contributed by atoms with van der Waals surface area (Å²) in [4.78, 5) is 0. The molecule has 0 saturated carbocycles. The smallest absolute Gasteiger partial charge is 0.215 e. The quantitative estimate of drug-likeness (QED) is 0.446. The zero-order valence-corrected chi connectivity index (χ0v) is 10.8. The summed E-state index contributed by atoms with van der Waals surface area (Å²) in [5, 5.41) is 8.47. The molecule has 0 spiro atoms. The van der Waals surface area contributed by atoms with Gasteiger partial charge in [0.2, 0.25) is 10.0 Å². The molecule has 6 nitrogen and oxygen atoms in total. The number of hydrogen-bond acceptors (Lipinski definition) is 5. The first kappa shape index (κ1) is 14.9. The highest BCUT2D eigenvalue weighted by atomic mass is 32.2. The number of nitrogens with two attached hydrogens (primary N) is 1. The van der Waals surface area contributed by atoms with E-state index in [0.29, 0.717) is 11.3 Å². The second-order valence-corrected chi connectivity index (χ2v) is 5.50. The first-order valence-corrected chi connectivity index (χ1v) is 7.20. The second-order valence-electron chi connectivity index (χ2n) is 3.69. The lowest BCUT2D eigenvalue weighted by atomic mass is 10.2. The normalized spacial score (nSPS) is 11.6. The van der Waals surface area contributed by atoms with Crippen LogP contribution in [0.1, 0.15) is 5.56 Å². The highest BCUT2D eigenvalue weighted by Crippen LogP contribution is 2.13. The lowest BCUT2D eigenvalue weighted by molar-refractivity contribution is 0.0961. The van der Waals surface area contributed by atoms with Gasteiger partial charge in [-0.15, -0.1) is 0 Å². The molecule has 0 aliphatic heterocycles. The molecule has 1 aromatic rings. The van der Waals surface area contributed by atoms with Gasteiger partial charge in [-0.2, -0.15) is 0 Å². The molecule has 0 unspecified atom stereocenters. The fourth-order valence-electron chi connectivity index (χ4n) is 1.36. The fourth-order valence-corrected chi connectivity index (χ4v) is 2.53. The van der Waals surface area contributed by atoms with Gasteiger partial charge in [0.25, 0.3) is 0 Å². The third kappa shape index (κ3) is 5.46. The molecule has 0 aromatic heterocycles. The van der Waals surface area contributed by atoms with E-state index in [-0.39, 0.29) is 32.1 Å². The van der Waals surface area contributed by atoms with Gasteiger partial charge in [-0.3, -0.25) is 0 Å². The van der Waals surface area contributed by atoms with Crippen molar-refractivity contribution in [1.29, 1.82) is 0 Å². The number of anilines is 1. The molecule has 0 radical (unpaired) electrons. The van der Waals surface area contributed by atoms with Crippen LogP contribution in [0.15, 0.2) is 24.3 Å². The van der Waals surface area contributed by atoms with E-state index in [1.54, 1.807) is 24.3 Å². The van der Waals surface area contributed by atoms with E-state index in [2.05, 4.69) is 4.72 Å². The topological polar surface area (TPSA) is 102 Å². The van der Waals surface area contributed by atoms with Crippen molar-refractivity contribution in [1.82, 2.24) is 4.72 Å². The minimum Gasteiger partial charge on any atom is -0.398 e. The number of sulfonamides is 1. The largest absolute Gasteiger partial charge is 0.398 e. The maximum Gasteiger partial charge on any atom is 0.215 e. The molecule has 0 aliphatic rings. The lowest BCUT2D eigenvalue weighted by Gasteiger charge is -2.08. The Labute approximate surface area is 107 Å². The molecule has 0 amide bonds. The molecule has 0 aliphatic carbocycles. The van der Waals surface area contributed by atoms with E-state index in [0.717, 1.165) is 0 Å². The van der Waals surface area contributed by atoms with Crippen LogP contribution in [0.4, 0.5) is 5.69 Å². The monoisotopic (exact) mass is 274 g/mol. The third-order valence-corrected chi connectivity index (χ3v) is 3.54. The van der Waals surface area contributed by atoms with Crippen LogP contribution < -0.4 is 10.5 Å². The molecule has 4 N–H and O–H groups in total. The predicted octanol–water partition coefficient (Wildman–Crippen LogP) is -0.303. The Balaban J connectivity index is 2.43. The Morgan fingerprint density at radius 2 is 2.00 bits per heavy atom. The lowest BCUT2D eigenvalue weighted by Crippen LogP contribution is -2.29.